The molecule has 0 saturated heterocycles. The lowest BCUT2D eigenvalue weighted by Crippen LogP contribution is -2.08. The smallest absolute Gasteiger partial charge is 0.341 e. The Morgan fingerprint density at radius 2 is 1.95 bits per heavy atom. The van der Waals surface area contributed by atoms with Crippen LogP contribution in [0.15, 0.2) is 18.2 Å². The van der Waals surface area contributed by atoms with E-state index in [1.54, 1.807) is 25.1 Å². The average molecular weight is 266 g/mol. The standard InChI is InChI=1S/C14H18O5/c1-3-18-12-9-10(6-8-13(15)16)5-7-11(12)14(17)19-4-2/h5,7,9H,3-4,6,8H2,1-2H3,(H,15,16). The Bertz CT molecular complexity index is 453. The predicted octanol–water partition coefficient (Wildman–Crippen LogP) is 2.28. The van der Waals surface area contributed by atoms with Gasteiger partial charge in [0.05, 0.1) is 13.2 Å². The van der Waals surface area contributed by atoms with Crippen molar-refractivity contribution in [3.63, 3.8) is 0 Å². The van der Waals surface area contributed by atoms with Gasteiger partial charge >= 0.3 is 11.9 Å². The van der Waals surface area contributed by atoms with Gasteiger partial charge in [-0.05, 0) is 38.0 Å². The summed E-state index contributed by atoms with van der Waals surface area (Å²) in [5.41, 5.74) is 1.18. The zero-order valence-electron chi connectivity index (χ0n) is 11.1. The Morgan fingerprint density at radius 1 is 1.21 bits per heavy atom. The van der Waals surface area contributed by atoms with Gasteiger partial charge in [0, 0.05) is 6.42 Å². The number of aliphatic carboxylic acids is 1. The van der Waals surface area contributed by atoms with E-state index in [4.69, 9.17) is 14.6 Å². The maximum atomic E-state index is 11.7. The summed E-state index contributed by atoms with van der Waals surface area (Å²) in [6.07, 6.45) is 0.447. The van der Waals surface area contributed by atoms with Crippen molar-refractivity contribution in [2.75, 3.05) is 13.2 Å². The number of carboxylic acids is 1. The van der Waals surface area contributed by atoms with Crippen LogP contribution in [0.25, 0.3) is 0 Å². The van der Waals surface area contributed by atoms with E-state index >= 15 is 0 Å². The zero-order chi connectivity index (χ0) is 14.3. The maximum absolute atomic E-state index is 11.7. The molecular weight excluding hydrogens is 248 g/mol. The van der Waals surface area contributed by atoms with Gasteiger partial charge < -0.3 is 14.6 Å². The third-order valence-electron chi connectivity index (χ3n) is 2.47. The third-order valence-corrected chi connectivity index (χ3v) is 2.47. The summed E-state index contributed by atoms with van der Waals surface area (Å²) in [4.78, 5) is 22.3. The Morgan fingerprint density at radius 3 is 2.53 bits per heavy atom. The van der Waals surface area contributed by atoms with Crippen molar-refractivity contribution >= 4 is 11.9 Å². The number of hydrogen-bond donors (Lipinski definition) is 1. The molecule has 104 valence electrons. The number of rotatable bonds is 7. The molecule has 0 spiro atoms. The van der Waals surface area contributed by atoms with E-state index in [1.165, 1.54) is 0 Å². The molecule has 0 aliphatic carbocycles. The van der Waals surface area contributed by atoms with Crippen LogP contribution in [0.3, 0.4) is 0 Å². The molecule has 0 fully saturated rings. The van der Waals surface area contributed by atoms with Gasteiger partial charge in [-0.3, -0.25) is 4.79 Å². The number of ether oxygens (including phenoxy) is 2. The van der Waals surface area contributed by atoms with Gasteiger partial charge in [-0.25, -0.2) is 4.79 Å². The van der Waals surface area contributed by atoms with Crippen LogP contribution in [-0.2, 0) is 16.0 Å². The molecule has 0 unspecified atom stereocenters. The van der Waals surface area contributed by atoms with Crippen LogP contribution in [0, 0.1) is 0 Å². The van der Waals surface area contributed by atoms with Gasteiger partial charge in [-0.15, -0.1) is 0 Å². The summed E-state index contributed by atoms with van der Waals surface area (Å²) in [6.45, 7) is 4.28. The number of carboxylic acid groups (broad SMARTS) is 1. The summed E-state index contributed by atoms with van der Waals surface area (Å²) in [5, 5.41) is 8.65. The van der Waals surface area contributed by atoms with Crippen LogP contribution >= 0.6 is 0 Å². The first-order chi connectivity index (χ1) is 9.08. The molecule has 0 bridgehead atoms. The molecule has 5 nitrogen and oxygen atoms in total. The molecule has 19 heavy (non-hydrogen) atoms. The number of carbonyl (C=O) groups is 2. The summed E-state index contributed by atoms with van der Waals surface area (Å²) in [7, 11) is 0. The lowest BCUT2D eigenvalue weighted by atomic mass is 10.1. The van der Waals surface area contributed by atoms with Crippen molar-refractivity contribution in [3.8, 4) is 5.75 Å². The van der Waals surface area contributed by atoms with E-state index in [2.05, 4.69) is 0 Å². The summed E-state index contributed by atoms with van der Waals surface area (Å²) in [5.74, 6) is -0.855. The van der Waals surface area contributed by atoms with Gasteiger partial charge in [0.25, 0.3) is 0 Å². The largest absolute Gasteiger partial charge is 0.493 e. The number of carbonyl (C=O) groups excluding carboxylic acids is 1. The lowest BCUT2D eigenvalue weighted by molar-refractivity contribution is -0.136. The van der Waals surface area contributed by atoms with Crippen molar-refractivity contribution in [2.24, 2.45) is 0 Å². The Kier molecular flexibility index (Phi) is 5.85. The molecule has 1 rings (SSSR count). The summed E-state index contributed by atoms with van der Waals surface area (Å²) >= 11 is 0. The Balaban J connectivity index is 2.93. The van der Waals surface area contributed by atoms with Crippen molar-refractivity contribution in [2.45, 2.75) is 26.7 Å². The highest BCUT2D eigenvalue weighted by molar-refractivity contribution is 5.92. The highest BCUT2D eigenvalue weighted by Gasteiger charge is 2.14. The second-order valence-corrected chi connectivity index (χ2v) is 3.88. The van der Waals surface area contributed by atoms with E-state index in [9.17, 15) is 9.59 Å². The predicted molar refractivity (Wildman–Crippen MR) is 69.5 cm³/mol. The van der Waals surface area contributed by atoms with E-state index in [-0.39, 0.29) is 6.42 Å². The van der Waals surface area contributed by atoms with E-state index in [0.717, 1.165) is 5.56 Å². The van der Waals surface area contributed by atoms with Crippen LogP contribution < -0.4 is 4.74 Å². The second kappa shape index (κ2) is 7.41. The van der Waals surface area contributed by atoms with Gasteiger partial charge in [-0.2, -0.15) is 0 Å². The lowest BCUT2D eigenvalue weighted by Gasteiger charge is -2.11. The number of aryl methyl sites for hydroxylation is 1. The first-order valence-electron chi connectivity index (χ1n) is 6.23. The van der Waals surface area contributed by atoms with Crippen LogP contribution in [0.1, 0.15) is 36.2 Å². The SMILES string of the molecule is CCOC(=O)c1ccc(CCC(=O)O)cc1OCC. The van der Waals surface area contributed by atoms with E-state index in [1.807, 2.05) is 6.92 Å². The second-order valence-electron chi connectivity index (χ2n) is 3.88. The highest BCUT2D eigenvalue weighted by Crippen LogP contribution is 2.22. The summed E-state index contributed by atoms with van der Waals surface area (Å²) < 4.78 is 10.3. The maximum Gasteiger partial charge on any atom is 0.341 e. The molecule has 0 saturated carbocycles. The molecule has 1 aromatic carbocycles. The third kappa shape index (κ3) is 4.62. The van der Waals surface area contributed by atoms with Crippen molar-refractivity contribution < 1.29 is 24.2 Å². The van der Waals surface area contributed by atoms with Crippen molar-refractivity contribution in [3.05, 3.63) is 29.3 Å². The van der Waals surface area contributed by atoms with E-state index in [0.29, 0.717) is 30.9 Å². The quantitative estimate of drug-likeness (QED) is 0.766. The highest BCUT2D eigenvalue weighted by atomic mass is 16.5. The minimum atomic E-state index is -0.854. The van der Waals surface area contributed by atoms with Crippen LogP contribution in [-0.4, -0.2) is 30.3 Å². The zero-order valence-corrected chi connectivity index (χ0v) is 11.1. The molecule has 0 amide bonds. The van der Waals surface area contributed by atoms with Gasteiger partial charge in [0.15, 0.2) is 0 Å². The fourth-order valence-corrected chi connectivity index (χ4v) is 1.63. The van der Waals surface area contributed by atoms with E-state index < -0.39 is 11.9 Å². The monoisotopic (exact) mass is 266 g/mol. The first-order valence-corrected chi connectivity index (χ1v) is 6.23. The van der Waals surface area contributed by atoms with Crippen molar-refractivity contribution in [1.29, 1.82) is 0 Å². The van der Waals surface area contributed by atoms with Crippen LogP contribution in [0.2, 0.25) is 0 Å². The number of hydrogen-bond acceptors (Lipinski definition) is 4. The molecule has 0 aromatic heterocycles. The fraction of sp³-hybridized carbons (Fsp3) is 0.429. The van der Waals surface area contributed by atoms with Crippen LogP contribution in [0.4, 0.5) is 0 Å². The first kappa shape index (κ1) is 15.0. The molecule has 0 aliphatic heterocycles. The van der Waals surface area contributed by atoms with Crippen LogP contribution in [0.5, 0.6) is 5.75 Å². The molecule has 5 heteroatoms. The number of esters is 1. The number of benzene rings is 1. The summed E-state index contributed by atoms with van der Waals surface area (Å²) in [6, 6.07) is 5.02. The average Bonchev–Trinajstić information content (AvgIpc) is 2.37. The van der Waals surface area contributed by atoms with Gasteiger partial charge in [-0.1, -0.05) is 6.07 Å². The normalized spacial score (nSPS) is 10.0. The molecule has 0 radical (unpaired) electrons. The Labute approximate surface area is 112 Å². The molecule has 0 atom stereocenters. The van der Waals surface area contributed by atoms with Gasteiger partial charge in [0.1, 0.15) is 11.3 Å². The molecule has 0 heterocycles. The fourth-order valence-electron chi connectivity index (χ4n) is 1.63. The topological polar surface area (TPSA) is 72.8 Å². The minimum Gasteiger partial charge on any atom is -0.493 e. The van der Waals surface area contributed by atoms with Crippen molar-refractivity contribution in [1.82, 2.24) is 0 Å². The molecular formula is C14H18O5. The minimum absolute atomic E-state index is 0.0460. The Hall–Kier alpha value is -2.04. The molecule has 0 aliphatic rings. The molecule has 1 aromatic rings. The molecule has 1 N–H and O–H groups in total. The van der Waals surface area contributed by atoms with Gasteiger partial charge in [0.2, 0.25) is 0 Å².